The van der Waals surface area contributed by atoms with E-state index in [1.54, 1.807) is 11.5 Å². The van der Waals surface area contributed by atoms with Crippen molar-refractivity contribution in [3.05, 3.63) is 30.6 Å². The molecule has 1 aromatic heterocycles. The Morgan fingerprint density at radius 3 is 2.12 bits per heavy atom. The zero-order valence-corrected chi connectivity index (χ0v) is 16.4. The minimum Gasteiger partial charge on any atom is -0.442 e. The van der Waals surface area contributed by atoms with Crippen LogP contribution in [0.1, 0.15) is 78.1 Å². The highest BCUT2D eigenvalue weighted by atomic mass is 16.6. The number of nitrogens with zero attached hydrogens (tertiary/aromatic N) is 1. The van der Waals surface area contributed by atoms with E-state index in [-0.39, 0.29) is 18.4 Å². The molecule has 0 aliphatic carbocycles. The number of unbranched alkanes of at least 4 members (excludes halogenated alkanes) is 8. The molecule has 0 aliphatic rings. The summed E-state index contributed by atoms with van der Waals surface area (Å²) in [6.07, 6.45) is 14.4. The highest BCUT2D eigenvalue weighted by Crippen LogP contribution is 2.10. The SMILES string of the molecule is CCCCCCCCCCCC(=O)OC(C)NC(=O)C[n+]1ccccc1. The molecular weight excluding hydrogens is 328 g/mol. The minimum atomic E-state index is -0.599. The Kier molecular flexibility index (Phi) is 12.2. The number of pyridine rings is 1. The van der Waals surface area contributed by atoms with Crippen LogP contribution in [0.4, 0.5) is 0 Å². The highest BCUT2D eigenvalue weighted by molar-refractivity contribution is 5.75. The summed E-state index contributed by atoms with van der Waals surface area (Å²) in [4.78, 5) is 23.7. The molecule has 0 saturated heterocycles. The van der Waals surface area contributed by atoms with Crippen LogP contribution in [0.2, 0.25) is 0 Å². The van der Waals surface area contributed by atoms with Gasteiger partial charge in [0.1, 0.15) is 0 Å². The second-order valence-electron chi connectivity index (χ2n) is 6.83. The monoisotopic (exact) mass is 363 g/mol. The van der Waals surface area contributed by atoms with Crippen LogP contribution >= 0.6 is 0 Å². The van der Waals surface area contributed by atoms with Crippen LogP contribution < -0.4 is 9.88 Å². The molecule has 26 heavy (non-hydrogen) atoms. The Bertz CT molecular complexity index is 505. The third-order valence-corrected chi connectivity index (χ3v) is 4.26. The molecule has 0 fully saturated rings. The van der Waals surface area contributed by atoms with Gasteiger partial charge in [-0.25, -0.2) is 0 Å². The van der Waals surface area contributed by atoms with Crippen molar-refractivity contribution in [3.8, 4) is 0 Å². The quantitative estimate of drug-likeness (QED) is 0.236. The number of esters is 1. The zero-order valence-electron chi connectivity index (χ0n) is 16.4. The van der Waals surface area contributed by atoms with E-state index in [2.05, 4.69) is 12.2 Å². The lowest BCUT2D eigenvalue weighted by molar-refractivity contribution is -0.684. The first-order chi connectivity index (χ1) is 12.6. The summed E-state index contributed by atoms with van der Waals surface area (Å²) in [6, 6.07) is 5.62. The van der Waals surface area contributed by atoms with Crippen molar-refractivity contribution in [2.24, 2.45) is 0 Å². The Balaban J connectivity index is 2.03. The molecule has 1 heterocycles. The number of hydrogen-bond donors (Lipinski definition) is 1. The largest absolute Gasteiger partial charge is 0.442 e. The predicted molar refractivity (Wildman–Crippen MR) is 102 cm³/mol. The first-order valence-electron chi connectivity index (χ1n) is 10.0. The van der Waals surface area contributed by atoms with Gasteiger partial charge in [-0.05, 0) is 13.3 Å². The van der Waals surface area contributed by atoms with Crippen molar-refractivity contribution in [2.75, 3.05) is 0 Å². The third kappa shape index (κ3) is 11.6. The first-order valence-corrected chi connectivity index (χ1v) is 10.0. The molecule has 1 unspecified atom stereocenters. The van der Waals surface area contributed by atoms with Crippen molar-refractivity contribution in [1.82, 2.24) is 5.32 Å². The maximum Gasteiger partial charge on any atom is 0.307 e. The number of rotatable bonds is 14. The molecule has 5 nitrogen and oxygen atoms in total. The van der Waals surface area contributed by atoms with E-state index in [1.165, 1.54) is 44.9 Å². The van der Waals surface area contributed by atoms with E-state index in [4.69, 9.17) is 4.74 Å². The molecule has 0 radical (unpaired) electrons. The van der Waals surface area contributed by atoms with Gasteiger partial charge in [-0.3, -0.25) is 9.59 Å². The average Bonchev–Trinajstić information content (AvgIpc) is 2.60. The van der Waals surface area contributed by atoms with Crippen LogP contribution in [0.25, 0.3) is 0 Å². The fourth-order valence-corrected chi connectivity index (χ4v) is 2.84. The van der Waals surface area contributed by atoms with Crippen LogP contribution in [-0.4, -0.2) is 18.1 Å². The number of nitrogens with one attached hydrogen (secondary N) is 1. The molecule has 0 aromatic carbocycles. The molecule has 1 rings (SSSR count). The third-order valence-electron chi connectivity index (χ3n) is 4.26. The summed E-state index contributed by atoms with van der Waals surface area (Å²) < 4.78 is 7.02. The fourth-order valence-electron chi connectivity index (χ4n) is 2.84. The van der Waals surface area contributed by atoms with Gasteiger partial charge in [0.15, 0.2) is 18.6 Å². The van der Waals surface area contributed by atoms with E-state index in [0.29, 0.717) is 6.42 Å². The molecule has 1 amide bonds. The zero-order chi connectivity index (χ0) is 19.0. The summed E-state index contributed by atoms with van der Waals surface area (Å²) in [5.74, 6) is -0.419. The highest BCUT2D eigenvalue weighted by Gasteiger charge is 2.14. The van der Waals surface area contributed by atoms with Crippen LogP contribution in [-0.2, 0) is 20.9 Å². The first kappa shape index (κ1) is 22.1. The topological polar surface area (TPSA) is 59.3 Å². The Labute approximate surface area is 158 Å². The lowest BCUT2D eigenvalue weighted by Crippen LogP contribution is -2.45. The second-order valence-corrected chi connectivity index (χ2v) is 6.83. The Morgan fingerprint density at radius 2 is 1.50 bits per heavy atom. The molecule has 146 valence electrons. The number of ether oxygens (including phenoxy) is 1. The van der Waals surface area contributed by atoms with Gasteiger partial charge < -0.3 is 10.1 Å². The number of aromatic nitrogens is 1. The van der Waals surface area contributed by atoms with Gasteiger partial charge >= 0.3 is 5.97 Å². The van der Waals surface area contributed by atoms with Gasteiger partial charge in [-0.2, -0.15) is 4.57 Å². The van der Waals surface area contributed by atoms with Gasteiger partial charge in [0.05, 0.1) is 0 Å². The van der Waals surface area contributed by atoms with Gasteiger partial charge in [0.2, 0.25) is 6.54 Å². The average molecular weight is 364 g/mol. The summed E-state index contributed by atoms with van der Waals surface area (Å²) >= 11 is 0. The van der Waals surface area contributed by atoms with Crippen LogP contribution in [0.5, 0.6) is 0 Å². The smallest absolute Gasteiger partial charge is 0.307 e. The lowest BCUT2D eigenvalue weighted by Gasteiger charge is -2.14. The summed E-state index contributed by atoms with van der Waals surface area (Å²) in [7, 11) is 0. The summed E-state index contributed by atoms with van der Waals surface area (Å²) in [5.41, 5.74) is 0. The standard InChI is InChI=1S/C21H34N2O3/c1-3-4-5-6-7-8-9-10-12-15-21(25)26-19(2)22-20(24)18-23-16-13-11-14-17-23/h11,13-14,16-17,19H,3-10,12,15,18H2,1-2H3/p+1. The van der Waals surface area contributed by atoms with Crippen LogP contribution in [0.15, 0.2) is 30.6 Å². The van der Waals surface area contributed by atoms with E-state index in [9.17, 15) is 9.59 Å². The lowest BCUT2D eigenvalue weighted by atomic mass is 10.1. The molecule has 5 heteroatoms. The number of hydrogen-bond acceptors (Lipinski definition) is 3. The minimum absolute atomic E-state index is 0.176. The van der Waals surface area contributed by atoms with Crippen molar-refractivity contribution < 1.29 is 18.9 Å². The van der Waals surface area contributed by atoms with Gasteiger partial charge in [-0.1, -0.05) is 64.4 Å². The van der Waals surface area contributed by atoms with Crippen molar-refractivity contribution in [1.29, 1.82) is 0 Å². The molecule has 1 aromatic rings. The van der Waals surface area contributed by atoms with Gasteiger partial charge in [0.25, 0.3) is 5.91 Å². The molecular formula is C21H35N2O3+. The Morgan fingerprint density at radius 1 is 0.923 bits per heavy atom. The molecule has 0 spiro atoms. The Hall–Kier alpha value is -1.91. The molecule has 1 N–H and O–H groups in total. The molecule has 0 aliphatic heterocycles. The molecule has 0 saturated carbocycles. The number of amides is 1. The van der Waals surface area contributed by atoms with E-state index in [0.717, 1.165) is 12.8 Å². The predicted octanol–water partition coefficient (Wildman–Crippen LogP) is 3.90. The van der Waals surface area contributed by atoms with E-state index in [1.807, 2.05) is 30.6 Å². The van der Waals surface area contributed by atoms with Crippen LogP contribution in [0.3, 0.4) is 0 Å². The maximum atomic E-state index is 11.9. The van der Waals surface area contributed by atoms with Crippen molar-refractivity contribution in [3.63, 3.8) is 0 Å². The summed E-state index contributed by atoms with van der Waals surface area (Å²) in [5, 5.41) is 2.69. The number of carbonyl (C=O) groups excluding carboxylic acids is 2. The molecule has 1 atom stereocenters. The summed E-state index contributed by atoms with van der Waals surface area (Å²) in [6.45, 7) is 4.12. The van der Waals surface area contributed by atoms with Crippen molar-refractivity contribution in [2.45, 2.75) is 90.8 Å². The van der Waals surface area contributed by atoms with Crippen LogP contribution in [0, 0.1) is 0 Å². The van der Waals surface area contributed by atoms with Crippen molar-refractivity contribution >= 4 is 11.9 Å². The van der Waals surface area contributed by atoms with Gasteiger partial charge in [-0.15, -0.1) is 0 Å². The number of carbonyl (C=O) groups is 2. The molecule has 0 bridgehead atoms. The van der Waals surface area contributed by atoms with Gasteiger partial charge in [0, 0.05) is 18.6 Å². The maximum absolute atomic E-state index is 11.9. The van der Waals surface area contributed by atoms with E-state index >= 15 is 0 Å². The van der Waals surface area contributed by atoms with E-state index < -0.39 is 6.23 Å². The second kappa shape index (κ2) is 14.3. The normalized spacial score (nSPS) is 11.8. The fraction of sp³-hybridized carbons (Fsp3) is 0.667.